The zero-order valence-corrected chi connectivity index (χ0v) is 9.32. The summed E-state index contributed by atoms with van der Waals surface area (Å²) < 4.78 is 0. The van der Waals surface area contributed by atoms with E-state index in [0.29, 0.717) is 12.1 Å². The molecule has 2 atom stereocenters. The SMILES string of the molecule is C=CCN(CCO)C1CC(C)N(C)C1. The molecule has 0 bridgehead atoms. The van der Waals surface area contributed by atoms with Crippen LogP contribution in [-0.4, -0.2) is 60.3 Å². The van der Waals surface area contributed by atoms with Crippen LogP contribution in [0.1, 0.15) is 13.3 Å². The molecule has 1 saturated heterocycles. The van der Waals surface area contributed by atoms with Crippen LogP contribution in [0.2, 0.25) is 0 Å². The molecule has 1 N–H and O–H groups in total. The average Bonchev–Trinajstić information content (AvgIpc) is 2.47. The first-order valence-corrected chi connectivity index (χ1v) is 5.35. The molecule has 1 fully saturated rings. The Morgan fingerprint density at radius 1 is 1.64 bits per heavy atom. The predicted octanol–water partition coefficient (Wildman–Crippen LogP) is 0.559. The van der Waals surface area contributed by atoms with Gasteiger partial charge in [0.1, 0.15) is 0 Å². The summed E-state index contributed by atoms with van der Waals surface area (Å²) in [6.45, 7) is 9.00. The van der Waals surface area contributed by atoms with Crippen LogP contribution in [0.25, 0.3) is 0 Å². The number of rotatable bonds is 5. The Labute approximate surface area is 87.0 Å². The van der Waals surface area contributed by atoms with Crippen LogP contribution >= 0.6 is 0 Å². The van der Waals surface area contributed by atoms with Crippen LogP contribution in [0.15, 0.2) is 12.7 Å². The Kier molecular flexibility index (Phi) is 4.58. The third-order valence-corrected chi connectivity index (χ3v) is 3.13. The Bertz CT molecular complexity index is 174. The summed E-state index contributed by atoms with van der Waals surface area (Å²) in [4.78, 5) is 4.69. The van der Waals surface area contributed by atoms with E-state index in [0.717, 1.165) is 19.6 Å². The topological polar surface area (TPSA) is 26.7 Å². The van der Waals surface area contributed by atoms with Crippen molar-refractivity contribution in [2.45, 2.75) is 25.4 Å². The smallest absolute Gasteiger partial charge is 0.0558 e. The number of likely N-dealkylation sites (N-methyl/N-ethyl adjacent to an activating group) is 1. The molecule has 2 unspecified atom stereocenters. The molecule has 0 saturated carbocycles. The molecular weight excluding hydrogens is 176 g/mol. The third kappa shape index (κ3) is 2.80. The first-order chi connectivity index (χ1) is 6.69. The number of nitrogens with zero attached hydrogens (tertiary/aromatic N) is 2. The van der Waals surface area contributed by atoms with E-state index >= 15 is 0 Å². The van der Waals surface area contributed by atoms with Crippen LogP contribution in [-0.2, 0) is 0 Å². The molecule has 3 heteroatoms. The van der Waals surface area contributed by atoms with Crippen LogP contribution < -0.4 is 0 Å². The Hall–Kier alpha value is -0.380. The molecule has 0 aromatic heterocycles. The molecule has 0 radical (unpaired) electrons. The van der Waals surface area contributed by atoms with E-state index in [-0.39, 0.29) is 6.61 Å². The Balaban J connectivity index is 2.47. The van der Waals surface area contributed by atoms with Crippen LogP contribution in [0, 0.1) is 0 Å². The van der Waals surface area contributed by atoms with Gasteiger partial charge in [0.2, 0.25) is 0 Å². The molecule has 1 aliphatic heterocycles. The lowest BCUT2D eigenvalue weighted by atomic mass is 10.1. The van der Waals surface area contributed by atoms with E-state index in [1.54, 1.807) is 0 Å². The van der Waals surface area contributed by atoms with Gasteiger partial charge in [-0.15, -0.1) is 6.58 Å². The van der Waals surface area contributed by atoms with Gasteiger partial charge in [-0.05, 0) is 20.4 Å². The molecular formula is C11H22N2O. The molecule has 0 aliphatic carbocycles. The third-order valence-electron chi connectivity index (χ3n) is 3.13. The average molecular weight is 198 g/mol. The van der Waals surface area contributed by atoms with E-state index in [1.807, 2.05) is 6.08 Å². The van der Waals surface area contributed by atoms with E-state index < -0.39 is 0 Å². The second kappa shape index (κ2) is 5.49. The highest BCUT2D eigenvalue weighted by Gasteiger charge is 2.29. The summed E-state index contributed by atoms with van der Waals surface area (Å²) in [5.74, 6) is 0. The zero-order valence-electron chi connectivity index (χ0n) is 9.32. The number of aliphatic hydroxyl groups excluding tert-OH is 1. The van der Waals surface area contributed by atoms with E-state index in [2.05, 4.69) is 30.4 Å². The molecule has 0 amide bonds. The van der Waals surface area contributed by atoms with Gasteiger partial charge in [-0.3, -0.25) is 4.90 Å². The molecule has 14 heavy (non-hydrogen) atoms. The van der Waals surface area contributed by atoms with Crippen molar-refractivity contribution in [1.82, 2.24) is 9.80 Å². The van der Waals surface area contributed by atoms with Gasteiger partial charge in [0.05, 0.1) is 6.61 Å². The van der Waals surface area contributed by atoms with Gasteiger partial charge >= 0.3 is 0 Å². The van der Waals surface area contributed by atoms with E-state index in [4.69, 9.17) is 5.11 Å². The zero-order chi connectivity index (χ0) is 10.6. The first kappa shape index (κ1) is 11.7. The fourth-order valence-electron chi connectivity index (χ4n) is 2.14. The minimum absolute atomic E-state index is 0.239. The molecule has 0 spiro atoms. The van der Waals surface area contributed by atoms with Crippen LogP contribution in [0.3, 0.4) is 0 Å². The fraction of sp³-hybridized carbons (Fsp3) is 0.818. The quantitative estimate of drug-likeness (QED) is 0.654. The van der Waals surface area contributed by atoms with Crippen molar-refractivity contribution in [3.63, 3.8) is 0 Å². The maximum absolute atomic E-state index is 8.97. The number of likely N-dealkylation sites (tertiary alicyclic amines) is 1. The second-order valence-corrected chi connectivity index (χ2v) is 4.19. The molecule has 1 heterocycles. The van der Waals surface area contributed by atoms with Crippen LogP contribution in [0.5, 0.6) is 0 Å². The van der Waals surface area contributed by atoms with Gasteiger partial charge < -0.3 is 10.0 Å². The highest BCUT2D eigenvalue weighted by atomic mass is 16.3. The van der Waals surface area contributed by atoms with Crippen molar-refractivity contribution in [1.29, 1.82) is 0 Å². The maximum atomic E-state index is 8.97. The summed E-state index contributed by atoms with van der Waals surface area (Å²) in [6, 6.07) is 1.24. The monoisotopic (exact) mass is 198 g/mol. The molecule has 3 nitrogen and oxygen atoms in total. The molecule has 1 rings (SSSR count). The largest absolute Gasteiger partial charge is 0.395 e. The van der Waals surface area contributed by atoms with Gasteiger partial charge in [0, 0.05) is 31.7 Å². The minimum Gasteiger partial charge on any atom is -0.395 e. The summed E-state index contributed by atoms with van der Waals surface area (Å²) >= 11 is 0. The Morgan fingerprint density at radius 3 is 2.79 bits per heavy atom. The lowest BCUT2D eigenvalue weighted by Gasteiger charge is -2.26. The van der Waals surface area contributed by atoms with Gasteiger partial charge in [0.15, 0.2) is 0 Å². The molecule has 82 valence electrons. The number of hydrogen-bond acceptors (Lipinski definition) is 3. The van der Waals surface area contributed by atoms with Crippen molar-refractivity contribution in [3.05, 3.63) is 12.7 Å². The molecule has 0 aromatic carbocycles. The van der Waals surface area contributed by atoms with Gasteiger partial charge in [0.25, 0.3) is 0 Å². The maximum Gasteiger partial charge on any atom is 0.0558 e. The summed E-state index contributed by atoms with van der Waals surface area (Å²) in [5.41, 5.74) is 0. The number of aliphatic hydroxyl groups is 1. The number of hydrogen-bond donors (Lipinski definition) is 1. The standard InChI is InChI=1S/C11H22N2O/c1-4-5-13(6-7-14)11-8-10(2)12(3)9-11/h4,10-11,14H,1,5-9H2,2-3H3. The highest BCUT2D eigenvalue weighted by molar-refractivity contribution is 4.89. The predicted molar refractivity (Wildman–Crippen MR) is 59.4 cm³/mol. The Morgan fingerprint density at radius 2 is 2.36 bits per heavy atom. The summed E-state index contributed by atoms with van der Waals surface area (Å²) in [5, 5.41) is 8.97. The van der Waals surface area contributed by atoms with Gasteiger partial charge in [-0.1, -0.05) is 6.08 Å². The fourth-order valence-corrected chi connectivity index (χ4v) is 2.14. The normalized spacial score (nSPS) is 28.6. The van der Waals surface area contributed by atoms with Crippen LogP contribution in [0.4, 0.5) is 0 Å². The van der Waals surface area contributed by atoms with Crippen molar-refractivity contribution < 1.29 is 5.11 Å². The van der Waals surface area contributed by atoms with E-state index in [1.165, 1.54) is 6.42 Å². The second-order valence-electron chi connectivity index (χ2n) is 4.19. The minimum atomic E-state index is 0.239. The molecule has 1 aliphatic rings. The lowest BCUT2D eigenvalue weighted by molar-refractivity contribution is 0.166. The van der Waals surface area contributed by atoms with E-state index in [9.17, 15) is 0 Å². The van der Waals surface area contributed by atoms with Crippen molar-refractivity contribution in [3.8, 4) is 0 Å². The van der Waals surface area contributed by atoms with Crippen molar-refractivity contribution in [2.24, 2.45) is 0 Å². The van der Waals surface area contributed by atoms with Crippen molar-refractivity contribution in [2.75, 3.05) is 33.3 Å². The lowest BCUT2D eigenvalue weighted by Crippen LogP contribution is -2.39. The first-order valence-electron chi connectivity index (χ1n) is 5.35. The molecule has 0 aromatic rings. The summed E-state index contributed by atoms with van der Waals surface area (Å²) in [7, 11) is 2.16. The summed E-state index contributed by atoms with van der Waals surface area (Å²) in [6.07, 6.45) is 3.11. The van der Waals surface area contributed by atoms with Crippen molar-refractivity contribution >= 4 is 0 Å². The van der Waals surface area contributed by atoms with Gasteiger partial charge in [-0.25, -0.2) is 0 Å². The van der Waals surface area contributed by atoms with Gasteiger partial charge in [-0.2, -0.15) is 0 Å². The highest BCUT2D eigenvalue weighted by Crippen LogP contribution is 2.19.